The minimum atomic E-state index is -4.16. The van der Waals surface area contributed by atoms with E-state index in [-0.39, 0.29) is 22.0 Å². The van der Waals surface area contributed by atoms with Crippen LogP contribution in [0.2, 0.25) is 0 Å². The molecule has 2 saturated carbocycles. The lowest BCUT2D eigenvalue weighted by molar-refractivity contribution is 0.0153. The molecule has 0 aromatic heterocycles. The number of hydrogen-bond acceptors (Lipinski definition) is 5. The van der Waals surface area contributed by atoms with Crippen molar-refractivity contribution in [3.63, 3.8) is 0 Å². The number of aliphatic hydroxyl groups excluding tert-OH is 1. The summed E-state index contributed by atoms with van der Waals surface area (Å²) in [6.07, 6.45) is 1.32. The van der Waals surface area contributed by atoms with Gasteiger partial charge in [-0.1, -0.05) is 32.0 Å². The molecular weight excluding hydrogens is 350 g/mol. The van der Waals surface area contributed by atoms with Gasteiger partial charge in [0.05, 0.1) is 16.8 Å². The summed E-state index contributed by atoms with van der Waals surface area (Å²) in [5.74, 6) is -0.107. The normalized spacial score (nSPS) is 32.1. The Bertz CT molecular complexity index is 832. The first kappa shape index (κ1) is 17.8. The lowest BCUT2D eigenvalue weighted by atomic mass is 9.70. The molecular formula is C16H23NO5S2. The predicted molar refractivity (Wildman–Crippen MR) is 90.1 cm³/mol. The molecule has 1 aromatic rings. The number of nitrogens with one attached hydrogen (secondary N) is 1. The molecule has 2 fully saturated rings. The fourth-order valence-electron chi connectivity index (χ4n) is 4.56. The second kappa shape index (κ2) is 5.52. The molecule has 1 aromatic carbocycles. The summed E-state index contributed by atoms with van der Waals surface area (Å²) in [5, 5.41) is 10.4. The molecule has 8 heteroatoms. The molecule has 24 heavy (non-hydrogen) atoms. The highest BCUT2D eigenvalue weighted by Crippen LogP contribution is 2.66. The van der Waals surface area contributed by atoms with Gasteiger partial charge in [-0.3, -0.25) is 0 Å². The Morgan fingerprint density at radius 2 is 1.79 bits per heavy atom. The van der Waals surface area contributed by atoms with Crippen molar-refractivity contribution in [2.24, 2.45) is 16.7 Å². The number of sulfonamides is 2. The number of aliphatic hydroxyl groups is 1. The van der Waals surface area contributed by atoms with Crippen LogP contribution >= 0.6 is 0 Å². The van der Waals surface area contributed by atoms with E-state index in [2.05, 4.69) is 0 Å². The van der Waals surface area contributed by atoms with E-state index >= 15 is 0 Å². The fourth-order valence-corrected chi connectivity index (χ4v) is 8.42. The monoisotopic (exact) mass is 373 g/mol. The number of rotatable bonds is 5. The third-order valence-electron chi connectivity index (χ3n) is 6.13. The lowest BCUT2D eigenvalue weighted by Crippen LogP contribution is -2.48. The Balaban J connectivity index is 1.88. The van der Waals surface area contributed by atoms with Crippen molar-refractivity contribution >= 4 is 20.0 Å². The van der Waals surface area contributed by atoms with Crippen molar-refractivity contribution in [1.82, 2.24) is 4.13 Å². The van der Waals surface area contributed by atoms with Gasteiger partial charge in [-0.2, -0.15) is 0 Å². The minimum Gasteiger partial charge on any atom is -0.392 e. The van der Waals surface area contributed by atoms with Crippen molar-refractivity contribution in [3.05, 3.63) is 30.3 Å². The maximum atomic E-state index is 12.6. The van der Waals surface area contributed by atoms with Crippen LogP contribution < -0.4 is 4.13 Å². The van der Waals surface area contributed by atoms with Crippen LogP contribution in [-0.2, 0) is 20.0 Å². The van der Waals surface area contributed by atoms with E-state index in [1.807, 2.05) is 18.0 Å². The van der Waals surface area contributed by atoms with Gasteiger partial charge in [0.15, 0.2) is 0 Å². The van der Waals surface area contributed by atoms with Crippen LogP contribution in [0.3, 0.4) is 0 Å². The van der Waals surface area contributed by atoms with E-state index in [0.29, 0.717) is 12.8 Å². The molecule has 134 valence electrons. The van der Waals surface area contributed by atoms with Crippen molar-refractivity contribution in [3.8, 4) is 0 Å². The van der Waals surface area contributed by atoms with Crippen LogP contribution in [0.5, 0.6) is 0 Å². The molecule has 0 heterocycles. The molecule has 3 rings (SSSR count). The zero-order chi connectivity index (χ0) is 17.8. The molecule has 2 aliphatic carbocycles. The van der Waals surface area contributed by atoms with Crippen LogP contribution in [0, 0.1) is 16.7 Å². The minimum absolute atomic E-state index is 0.0957. The Morgan fingerprint density at radius 3 is 2.29 bits per heavy atom. The Hall–Kier alpha value is -0.960. The maximum Gasteiger partial charge on any atom is 0.253 e. The van der Waals surface area contributed by atoms with E-state index in [1.165, 1.54) is 24.3 Å². The van der Waals surface area contributed by atoms with E-state index < -0.39 is 31.6 Å². The van der Waals surface area contributed by atoms with E-state index in [1.54, 1.807) is 6.07 Å². The smallest absolute Gasteiger partial charge is 0.253 e. The summed E-state index contributed by atoms with van der Waals surface area (Å²) >= 11 is 0. The van der Waals surface area contributed by atoms with Crippen LogP contribution in [0.4, 0.5) is 0 Å². The molecule has 3 unspecified atom stereocenters. The second-order valence-corrected chi connectivity index (χ2v) is 11.2. The van der Waals surface area contributed by atoms with Gasteiger partial charge in [0.2, 0.25) is 10.0 Å². The van der Waals surface area contributed by atoms with E-state index in [4.69, 9.17) is 0 Å². The number of benzene rings is 1. The average molecular weight is 373 g/mol. The second-order valence-electron chi connectivity index (χ2n) is 7.52. The van der Waals surface area contributed by atoms with E-state index in [9.17, 15) is 21.9 Å². The Labute approximate surface area is 143 Å². The molecule has 3 atom stereocenters. The largest absolute Gasteiger partial charge is 0.392 e. The summed E-state index contributed by atoms with van der Waals surface area (Å²) in [7, 11) is -8.27. The zero-order valence-corrected chi connectivity index (χ0v) is 15.4. The topological polar surface area (TPSA) is 101 Å². The van der Waals surface area contributed by atoms with Gasteiger partial charge in [0.25, 0.3) is 10.0 Å². The van der Waals surface area contributed by atoms with Gasteiger partial charge in [0.1, 0.15) is 0 Å². The molecule has 0 amide bonds. The van der Waals surface area contributed by atoms with Gasteiger partial charge in [-0.05, 0) is 42.7 Å². The predicted octanol–water partition coefficient (Wildman–Crippen LogP) is 1.48. The van der Waals surface area contributed by atoms with Crippen molar-refractivity contribution in [2.75, 3.05) is 5.75 Å². The Morgan fingerprint density at radius 1 is 1.17 bits per heavy atom. The van der Waals surface area contributed by atoms with Crippen molar-refractivity contribution < 1.29 is 21.9 Å². The lowest BCUT2D eigenvalue weighted by Gasteiger charge is -2.40. The molecule has 0 saturated heterocycles. The molecule has 0 aliphatic heterocycles. The van der Waals surface area contributed by atoms with Gasteiger partial charge in [-0.15, -0.1) is 4.13 Å². The maximum absolute atomic E-state index is 12.6. The van der Waals surface area contributed by atoms with Crippen molar-refractivity contribution in [1.29, 1.82) is 0 Å². The quantitative estimate of drug-likeness (QED) is 0.814. The van der Waals surface area contributed by atoms with Crippen LogP contribution in [0.15, 0.2) is 35.2 Å². The average Bonchev–Trinajstić information content (AvgIpc) is 2.80. The van der Waals surface area contributed by atoms with Crippen LogP contribution in [-0.4, -0.2) is 33.8 Å². The van der Waals surface area contributed by atoms with Crippen molar-refractivity contribution in [2.45, 2.75) is 44.1 Å². The molecule has 2 N–H and O–H groups in total. The molecule has 6 nitrogen and oxygen atoms in total. The first-order chi connectivity index (χ1) is 11.0. The third-order valence-corrected chi connectivity index (χ3v) is 9.81. The SMILES string of the molecule is CC1(C)C2CCC1(CS(=O)(=O)NS(=O)(=O)c1ccccc1)C(O)C2. The molecule has 2 bridgehead atoms. The third kappa shape index (κ3) is 2.69. The summed E-state index contributed by atoms with van der Waals surface area (Å²) in [4.78, 5) is -0.0957. The number of fused-ring (bicyclic) bond motifs is 2. The van der Waals surface area contributed by atoms with Gasteiger partial charge >= 0.3 is 0 Å². The first-order valence-corrected chi connectivity index (χ1v) is 11.1. The summed E-state index contributed by atoms with van der Waals surface area (Å²) in [6, 6.07) is 7.41. The van der Waals surface area contributed by atoms with Gasteiger partial charge < -0.3 is 5.11 Å². The molecule has 2 aliphatic rings. The standard InChI is InChI=1S/C16H23NO5S2/c1-15(2)12-8-9-16(15,14(18)10-12)11-23(19,20)17-24(21,22)13-6-4-3-5-7-13/h3-7,12,14,17-18H,8-11H2,1-2H3. The number of hydrogen-bond donors (Lipinski definition) is 2. The fraction of sp³-hybridized carbons (Fsp3) is 0.625. The highest BCUT2D eigenvalue weighted by atomic mass is 32.3. The molecule has 0 radical (unpaired) electrons. The highest BCUT2D eigenvalue weighted by Gasteiger charge is 2.65. The Kier molecular flexibility index (Phi) is 4.11. The summed E-state index contributed by atoms with van der Waals surface area (Å²) in [5.41, 5.74) is -1.13. The van der Waals surface area contributed by atoms with E-state index in [0.717, 1.165) is 6.42 Å². The van der Waals surface area contributed by atoms with Crippen LogP contribution in [0.1, 0.15) is 33.1 Å². The highest BCUT2D eigenvalue weighted by molar-refractivity contribution is 8.04. The summed E-state index contributed by atoms with van der Waals surface area (Å²) < 4.78 is 51.7. The van der Waals surface area contributed by atoms with Gasteiger partial charge in [0, 0.05) is 5.41 Å². The zero-order valence-electron chi connectivity index (χ0n) is 13.8. The molecule has 0 spiro atoms. The van der Waals surface area contributed by atoms with Crippen LogP contribution in [0.25, 0.3) is 0 Å². The summed E-state index contributed by atoms with van der Waals surface area (Å²) in [6.45, 7) is 3.95. The first-order valence-electron chi connectivity index (χ1n) is 8.00. The van der Waals surface area contributed by atoms with Gasteiger partial charge in [-0.25, -0.2) is 16.8 Å².